The van der Waals surface area contributed by atoms with Crippen molar-refractivity contribution in [3.05, 3.63) is 40.2 Å². The van der Waals surface area contributed by atoms with Gasteiger partial charge in [-0.2, -0.15) is 13.2 Å². The summed E-state index contributed by atoms with van der Waals surface area (Å²) >= 11 is 0. The Bertz CT molecular complexity index is 1550. The zero-order valence-electron chi connectivity index (χ0n) is 25.6. The number of aliphatic hydroxyl groups is 2. The number of Topliss-reactive ketones (excluding diaryl/α,β-unsaturated/α-hetero) is 3. The van der Waals surface area contributed by atoms with Gasteiger partial charge >= 0.3 is 12.1 Å². The van der Waals surface area contributed by atoms with E-state index >= 15 is 0 Å². The lowest BCUT2D eigenvalue weighted by Gasteiger charge is -2.56. The minimum atomic E-state index is -4.31. The van der Waals surface area contributed by atoms with Crippen LogP contribution in [-0.4, -0.2) is 105 Å². The second kappa shape index (κ2) is 11.5. The van der Waals surface area contributed by atoms with E-state index in [4.69, 9.17) is 10.5 Å². The lowest BCUT2D eigenvalue weighted by molar-refractivity contribution is -0.196. The third kappa shape index (κ3) is 4.99. The topological polar surface area (TPSA) is 188 Å². The lowest BCUT2D eigenvalue weighted by Crippen LogP contribution is -2.73. The first-order chi connectivity index (χ1) is 21.3. The van der Waals surface area contributed by atoms with Crippen molar-refractivity contribution in [2.75, 3.05) is 27.2 Å². The number of rotatable bonds is 5. The maximum atomic E-state index is 14.3. The molecule has 1 aromatic rings. The number of phenolic OH excluding ortho intramolecular Hbond substituents is 1. The molecule has 1 amide bonds. The second-order valence-corrected chi connectivity index (χ2v) is 12.9. The van der Waals surface area contributed by atoms with Gasteiger partial charge in [0, 0.05) is 24.9 Å². The molecule has 2 fully saturated rings. The predicted molar refractivity (Wildman–Crippen MR) is 152 cm³/mol. The Kier molecular flexibility index (Phi) is 8.35. The molecule has 12 nitrogen and oxygen atoms in total. The Morgan fingerprint density at radius 2 is 1.72 bits per heavy atom. The van der Waals surface area contributed by atoms with Gasteiger partial charge in [-0.3, -0.25) is 33.8 Å². The quantitative estimate of drug-likeness (QED) is 0.205. The van der Waals surface area contributed by atoms with E-state index in [9.17, 15) is 52.5 Å². The smallest absolute Gasteiger partial charge is 0.391 e. The highest BCUT2D eigenvalue weighted by Crippen LogP contribution is 2.56. The Morgan fingerprint density at radius 1 is 1.11 bits per heavy atom. The number of hydrogen-bond donors (Lipinski definition) is 4. The molecule has 250 valence electrons. The maximum Gasteiger partial charge on any atom is 0.391 e. The number of carbonyl (C=O) groups is 5. The van der Waals surface area contributed by atoms with Gasteiger partial charge in [-0.1, -0.05) is 19.1 Å². The monoisotopic (exact) mass is 651 g/mol. The number of hydrogen-bond acceptors (Lipinski definition) is 11. The summed E-state index contributed by atoms with van der Waals surface area (Å²) in [6, 6.07) is 1.61. The molecule has 1 aliphatic heterocycles. The van der Waals surface area contributed by atoms with Crippen molar-refractivity contribution < 1.29 is 57.2 Å². The molecular formula is C31H36F3N3O9. The van der Waals surface area contributed by atoms with Crippen LogP contribution in [0.4, 0.5) is 13.2 Å². The summed E-state index contributed by atoms with van der Waals surface area (Å²) in [7, 11) is 2.84. The van der Waals surface area contributed by atoms with E-state index in [1.54, 1.807) is 17.9 Å². The fourth-order valence-electron chi connectivity index (χ4n) is 7.99. The molecule has 0 radical (unpaired) electrons. The first kappa shape index (κ1) is 33.5. The number of primary amides is 1. The van der Waals surface area contributed by atoms with Gasteiger partial charge in [-0.15, -0.1) is 0 Å². The van der Waals surface area contributed by atoms with E-state index in [0.717, 1.165) is 6.92 Å². The van der Waals surface area contributed by atoms with E-state index in [1.165, 1.54) is 25.1 Å². The Hall–Kier alpha value is -3.82. The minimum Gasteiger partial charge on any atom is -0.508 e. The summed E-state index contributed by atoms with van der Waals surface area (Å²) in [6.45, 7) is 2.91. The maximum absolute atomic E-state index is 14.3. The Balaban J connectivity index is 1.61. The summed E-state index contributed by atoms with van der Waals surface area (Å²) in [6.07, 6.45) is -6.07. The molecule has 7 atom stereocenters. The standard InChI is InChI=1S/C31H36F3N3O9/c1-12-16-6-5-14(11-37-9-7-15(8-10-37)31(32,33)34)23(39)18(16)24(40)19-17(12)26(46-13(2)38)21-22(36(3)4)25(41)20(29(35)44)28(43)30(21,45)27(19)42/h5-6,12,15,17,19,21-22,26,39,43,45H,7-11H2,1-4H3,(H2,35,44)/t12-,17?,19?,21?,22-,26-,30-/m0/s1. The molecule has 1 heterocycles. The number of likely N-dealkylation sites (N-methyl/N-ethyl adjacent to an activating group) is 1. The van der Waals surface area contributed by atoms with Crippen molar-refractivity contribution in [2.45, 2.75) is 63.1 Å². The van der Waals surface area contributed by atoms with Gasteiger partial charge in [0.1, 0.15) is 23.2 Å². The summed E-state index contributed by atoms with van der Waals surface area (Å²) in [5, 5.41) is 34.6. The third-order valence-electron chi connectivity index (χ3n) is 10.2. The number of phenols is 1. The highest BCUT2D eigenvalue weighted by Gasteiger charge is 2.71. The number of nitrogens with zero attached hydrogens (tertiary/aromatic N) is 2. The first-order valence-corrected chi connectivity index (χ1v) is 14.9. The normalized spacial score (nSPS) is 32.2. The van der Waals surface area contributed by atoms with Gasteiger partial charge in [0.15, 0.2) is 23.0 Å². The number of fused-ring (bicyclic) bond motifs is 3. The molecule has 0 aromatic heterocycles. The van der Waals surface area contributed by atoms with E-state index in [-0.39, 0.29) is 43.6 Å². The zero-order chi connectivity index (χ0) is 34.2. The number of benzene rings is 1. The first-order valence-electron chi connectivity index (χ1n) is 14.9. The summed E-state index contributed by atoms with van der Waals surface area (Å²) in [5.74, 6) is -14.2. The van der Waals surface area contributed by atoms with Crippen molar-refractivity contribution in [1.29, 1.82) is 0 Å². The van der Waals surface area contributed by atoms with Crippen LogP contribution in [0.25, 0.3) is 0 Å². The number of likely N-dealkylation sites (tertiary alicyclic amines) is 1. The molecule has 5 N–H and O–H groups in total. The number of halogens is 3. The average molecular weight is 652 g/mol. The lowest BCUT2D eigenvalue weighted by atomic mass is 9.51. The summed E-state index contributed by atoms with van der Waals surface area (Å²) in [5.41, 5.74) is 1.57. The molecule has 0 bridgehead atoms. The van der Waals surface area contributed by atoms with E-state index in [2.05, 4.69) is 0 Å². The second-order valence-electron chi connectivity index (χ2n) is 12.9. The van der Waals surface area contributed by atoms with Crippen molar-refractivity contribution in [1.82, 2.24) is 9.80 Å². The Morgan fingerprint density at radius 3 is 2.24 bits per heavy atom. The minimum absolute atomic E-state index is 0.0214. The highest BCUT2D eigenvalue weighted by atomic mass is 19.4. The van der Waals surface area contributed by atoms with Crippen LogP contribution in [0.2, 0.25) is 0 Å². The number of ketones is 3. The van der Waals surface area contributed by atoms with Crippen molar-refractivity contribution in [3.8, 4) is 5.75 Å². The molecule has 5 rings (SSSR count). The Labute approximate surface area is 262 Å². The van der Waals surface area contributed by atoms with E-state index in [1.807, 2.05) is 0 Å². The van der Waals surface area contributed by atoms with Gasteiger partial charge in [0.25, 0.3) is 5.91 Å². The zero-order valence-corrected chi connectivity index (χ0v) is 25.6. The number of nitrogens with two attached hydrogens (primary N) is 1. The molecule has 46 heavy (non-hydrogen) atoms. The SMILES string of the molecule is CC(=O)O[C@H]1C2C(C(=O)c3c(ccc(CN4CCC(C(F)(F)F)CC4)c3O)[C@@H]2C)C(=O)[C@]2(O)C(O)=C(C(N)=O)C(=O)[C@@H](N(C)C)C12. The fourth-order valence-corrected chi connectivity index (χ4v) is 7.99. The number of piperidine rings is 1. The summed E-state index contributed by atoms with van der Waals surface area (Å²) in [4.78, 5) is 69.8. The average Bonchev–Trinajstić information content (AvgIpc) is 2.95. The van der Waals surface area contributed by atoms with Gasteiger partial charge in [-0.25, -0.2) is 0 Å². The number of carbonyl (C=O) groups excluding carboxylic acids is 5. The number of aliphatic hydroxyl groups excluding tert-OH is 1. The van der Waals surface area contributed by atoms with Crippen LogP contribution in [0.1, 0.15) is 54.1 Å². The molecule has 4 aliphatic rings. The van der Waals surface area contributed by atoms with Gasteiger partial charge in [0.05, 0.1) is 29.4 Å². The van der Waals surface area contributed by atoms with Crippen LogP contribution in [0.3, 0.4) is 0 Å². The van der Waals surface area contributed by atoms with Gasteiger partial charge in [-0.05, 0) is 51.5 Å². The number of ether oxygens (including phenoxy) is 1. The third-order valence-corrected chi connectivity index (χ3v) is 10.2. The number of aromatic hydroxyl groups is 1. The molecule has 3 aliphatic carbocycles. The molecule has 3 unspecified atom stereocenters. The van der Waals surface area contributed by atoms with Crippen LogP contribution in [0.5, 0.6) is 5.75 Å². The molecule has 0 spiro atoms. The van der Waals surface area contributed by atoms with Crippen LogP contribution in [-0.2, 0) is 30.5 Å². The summed E-state index contributed by atoms with van der Waals surface area (Å²) < 4.78 is 45.1. The predicted octanol–water partition coefficient (Wildman–Crippen LogP) is 1.37. The number of esters is 1. The van der Waals surface area contributed by atoms with Crippen LogP contribution in [0.15, 0.2) is 23.5 Å². The van der Waals surface area contributed by atoms with Crippen molar-refractivity contribution >= 4 is 29.2 Å². The van der Waals surface area contributed by atoms with Crippen LogP contribution >= 0.6 is 0 Å². The molecular weight excluding hydrogens is 615 g/mol. The molecule has 1 saturated heterocycles. The van der Waals surface area contributed by atoms with Gasteiger partial charge < -0.3 is 25.8 Å². The van der Waals surface area contributed by atoms with Crippen molar-refractivity contribution in [3.63, 3.8) is 0 Å². The van der Waals surface area contributed by atoms with E-state index in [0.29, 0.717) is 5.56 Å². The van der Waals surface area contributed by atoms with Crippen LogP contribution in [0, 0.1) is 23.7 Å². The largest absolute Gasteiger partial charge is 0.508 e. The van der Waals surface area contributed by atoms with Crippen molar-refractivity contribution in [2.24, 2.45) is 29.4 Å². The van der Waals surface area contributed by atoms with Crippen LogP contribution < -0.4 is 5.73 Å². The number of amides is 1. The number of alkyl halides is 3. The van der Waals surface area contributed by atoms with Gasteiger partial charge in [0.2, 0.25) is 0 Å². The van der Waals surface area contributed by atoms with E-state index < -0.39 is 99.8 Å². The molecule has 15 heteroatoms. The molecule has 1 aromatic carbocycles. The highest BCUT2D eigenvalue weighted by molar-refractivity contribution is 6.25. The fraction of sp³-hybridized carbons (Fsp3) is 0.581. The molecule has 1 saturated carbocycles.